The molecule has 1 rings (SSSR count). The highest BCUT2D eigenvalue weighted by molar-refractivity contribution is 5.47. The number of hydrogen-bond donors (Lipinski definition) is 1. The molecule has 0 aliphatic carbocycles. The van der Waals surface area contributed by atoms with E-state index in [1.807, 2.05) is 6.92 Å². The quantitative estimate of drug-likeness (QED) is 0.564. The molecule has 0 spiro atoms. The van der Waals surface area contributed by atoms with Crippen LogP contribution < -0.4 is 5.43 Å². The van der Waals surface area contributed by atoms with Crippen LogP contribution in [0, 0.1) is 0 Å². The summed E-state index contributed by atoms with van der Waals surface area (Å²) in [6, 6.07) is 0.384. The van der Waals surface area contributed by atoms with E-state index >= 15 is 0 Å². The minimum Gasteiger partial charge on any atom is -0.477 e. The Morgan fingerprint density at radius 2 is 2.56 bits per heavy atom. The van der Waals surface area contributed by atoms with Crippen molar-refractivity contribution in [2.75, 3.05) is 0 Å². The van der Waals surface area contributed by atoms with E-state index in [0.717, 1.165) is 6.42 Å². The molecule has 0 aromatic rings. The summed E-state index contributed by atoms with van der Waals surface area (Å²) in [6.45, 7) is 4.14. The van der Waals surface area contributed by atoms with E-state index in [0.29, 0.717) is 6.04 Å². The number of hydrazone groups is 1. The molecule has 0 amide bonds. The maximum Gasteiger partial charge on any atom is 0.192 e. The molecular formula is C6H12N2O. The maximum absolute atomic E-state index is 5.13. The molecule has 0 bridgehead atoms. The average molecular weight is 128 g/mol. The zero-order chi connectivity index (χ0) is 6.69. The molecule has 0 unspecified atom stereocenters. The third-order valence-electron chi connectivity index (χ3n) is 1.58. The van der Waals surface area contributed by atoms with E-state index in [4.69, 9.17) is 4.74 Å². The van der Waals surface area contributed by atoms with Crippen molar-refractivity contribution in [3.63, 3.8) is 0 Å². The Bertz CT molecular complexity index is 114. The van der Waals surface area contributed by atoms with Crippen LogP contribution in [0.3, 0.4) is 0 Å². The Hall–Kier alpha value is -0.730. The van der Waals surface area contributed by atoms with E-state index in [-0.39, 0.29) is 6.10 Å². The van der Waals surface area contributed by atoms with Gasteiger partial charge in [-0.25, -0.2) is 0 Å². The zero-order valence-electron chi connectivity index (χ0n) is 5.79. The van der Waals surface area contributed by atoms with Gasteiger partial charge >= 0.3 is 0 Å². The summed E-state index contributed by atoms with van der Waals surface area (Å²) in [4.78, 5) is 0. The fraction of sp³-hybridized carbons (Fsp3) is 0.833. The predicted octanol–water partition coefficient (Wildman–Crippen LogP) is 0.717. The monoisotopic (exact) mass is 128 g/mol. The predicted molar refractivity (Wildman–Crippen MR) is 36.3 cm³/mol. The van der Waals surface area contributed by atoms with Crippen LogP contribution >= 0.6 is 0 Å². The first-order chi connectivity index (χ1) is 4.34. The van der Waals surface area contributed by atoms with Crippen LogP contribution in [0.15, 0.2) is 5.10 Å². The molecular weight excluding hydrogens is 116 g/mol. The molecule has 0 saturated carbocycles. The molecule has 3 heteroatoms. The molecule has 2 atom stereocenters. The molecule has 52 valence electrons. The van der Waals surface area contributed by atoms with Crippen LogP contribution in [0.25, 0.3) is 0 Å². The summed E-state index contributed by atoms with van der Waals surface area (Å²) in [5.41, 5.74) is 2.96. The Morgan fingerprint density at radius 1 is 1.78 bits per heavy atom. The number of rotatable bonds is 1. The van der Waals surface area contributed by atoms with Crippen LogP contribution in [0.5, 0.6) is 0 Å². The Balaban J connectivity index is 2.43. The minimum atomic E-state index is 0.257. The number of nitrogens with zero attached hydrogens (tertiary/aromatic N) is 1. The summed E-state index contributed by atoms with van der Waals surface area (Å²) < 4.78 is 5.13. The Morgan fingerprint density at radius 3 is 3.00 bits per heavy atom. The highest BCUT2D eigenvalue weighted by Crippen LogP contribution is 2.04. The molecule has 1 N–H and O–H groups in total. The topological polar surface area (TPSA) is 33.6 Å². The van der Waals surface area contributed by atoms with Crippen molar-refractivity contribution in [2.45, 2.75) is 32.4 Å². The second kappa shape index (κ2) is 2.71. The van der Waals surface area contributed by atoms with E-state index in [2.05, 4.69) is 17.5 Å². The number of hydrogen-bond acceptors (Lipinski definition) is 3. The lowest BCUT2D eigenvalue weighted by Gasteiger charge is -2.24. The van der Waals surface area contributed by atoms with Gasteiger partial charge in [0.25, 0.3) is 0 Å². The van der Waals surface area contributed by atoms with Gasteiger partial charge in [-0.1, -0.05) is 6.92 Å². The summed E-state index contributed by atoms with van der Waals surface area (Å²) in [5.74, 6) is 0. The van der Waals surface area contributed by atoms with Gasteiger partial charge < -0.3 is 10.2 Å². The number of nitrogens with one attached hydrogen (secondary N) is 1. The van der Waals surface area contributed by atoms with Gasteiger partial charge in [0.15, 0.2) is 6.40 Å². The normalized spacial score (nSPS) is 33.1. The second-order valence-corrected chi connectivity index (χ2v) is 2.22. The molecule has 1 aliphatic rings. The van der Waals surface area contributed by atoms with Crippen LogP contribution in [-0.2, 0) is 4.74 Å². The van der Waals surface area contributed by atoms with Gasteiger partial charge in [-0.3, -0.25) is 0 Å². The lowest BCUT2D eigenvalue weighted by molar-refractivity contribution is 0.144. The van der Waals surface area contributed by atoms with Crippen LogP contribution in [0.4, 0.5) is 0 Å². The van der Waals surface area contributed by atoms with Crippen molar-refractivity contribution < 1.29 is 4.74 Å². The summed E-state index contributed by atoms with van der Waals surface area (Å²) in [7, 11) is 0. The third kappa shape index (κ3) is 1.34. The molecule has 0 radical (unpaired) electrons. The van der Waals surface area contributed by atoms with Crippen molar-refractivity contribution >= 4 is 6.40 Å². The van der Waals surface area contributed by atoms with Crippen LogP contribution in [0.2, 0.25) is 0 Å². The van der Waals surface area contributed by atoms with E-state index in [1.54, 1.807) is 0 Å². The third-order valence-corrected chi connectivity index (χ3v) is 1.58. The molecule has 0 aromatic carbocycles. The van der Waals surface area contributed by atoms with Gasteiger partial charge in [0.1, 0.15) is 6.10 Å². The van der Waals surface area contributed by atoms with E-state index in [9.17, 15) is 0 Å². The highest BCUT2D eigenvalue weighted by atomic mass is 16.5. The van der Waals surface area contributed by atoms with Crippen LogP contribution in [-0.4, -0.2) is 18.5 Å². The smallest absolute Gasteiger partial charge is 0.192 e. The molecule has 9 heavy (non-hydrogen) atoms. The molecule has 0 aromatic heterocycles. The van der Waals surface area contributed by atoms with Crippen molar-refractivity contribution in [2.24, 2.45) is 5.10 Å². The molecule has 0 saturated heterocycles. The van der Waals surface area contributed by atoms with Gasteiger partial charge in [-0.05, 0) is 13.3 Å². The minimum absolute atomic E-state index is 0.257. The number of ether oxygens (including phenoxy) is 1. The lowest BCUT2D eigenvalue weighted by atomic mass is 10.1. The zero-order valence-corrected chi connectivity index (χ0v) is 5.79. The summed E-state index contributed by atoms with van der Waals surface area (Å²) in [5, 5.41) is 3.78. The lowest BCUT2D eigenvalue weighted by Crippen LogP contribution is -2.39. The SMILES string of the molecule is CC[C@@H]1NN=CO[C@H]1C. The van der Waals surface area contributed by atoms with E-state index < -0.39 is 0 Å². The average Bonchev–Trinajstić information content (AvgIpc) is 1.89. The first kappa shape index (κ1) is 6.39. The van der Waals surface area contributed by atoms with Gasteiger partial charge in [-0.2, -0.15) is 0 Å². The Labute approximate surface area is 55.1 Å². The van der Waals surface area contributed by atoms with Crippen LogP contribution in [0.1, 0.15) is 20.3 Å². The highest BCUT2D eigenvalue weighted by Gasteiger charge is 2.16. The van der Waals surface area contributed by atoms with Gasteiger partial charge in [0, 0.05) is 0 Å². The fourth-order valence-electron chi connectivity index (χ4n) is 0.876. The molecule has 1 aliphatic heterocycles. The summed E-state index contributed by atoms with van der Waals surface area (Å²) >= 11 is 0. The standard InChI is InChI=1S/C6H12N2O/c1-3-6-5(2)9-4-7-8-6/h4-6,8H,3H2,1-2H3/t5-,6-/m0/s1. The molecule has 0 fully saturated rings. The molecule has 3 nitrogen and oxygen atoms in total. The molecule has 1 heterocycles. The first-order valence-electron chi connectivity index (χ1n) is 3.27. The largest absolute Gasteiger partial charge is 0.477 e. The second-order valence-electron chi connectivity index (χ2n) is 2.22. The van der Waals surface area contributed by atoms with Gasteiger partial charge in [0.2, 0.25) is 0 Å². The van der Waals surface area contributed by atoms with Crippen molar-refractivity contribution in [3.8, 4) is 0 Å². The van der Waals surface area contributed by atoms with Crippen molar-refractivity contribution in [1.82, 2.24) is 5.43 Å². The van der Waals surface area contributed by atoms with E-state index in [1.165, 1.54) is 6.40 Å². The Kier molecular flexibility index (Phi) is 1.92. The summed E-state index contributed by atoms with van der Waals surface area (Å²) in [6.07, 6.45) is 2.77. The van der Waals surface area contributed by atoms with Crippen molar-refractivity contribution in [1.29, 1.82) is 0 Å². The van der Waals surface area contributed by atoms with Gasteiger partial charge in [0.05, 0.1) is 6.04 Å². The first-order valence-corrected chi connectivity index (χ1v) is 3.27. The fourth-order valence-corrected chi connectivity index (χ4v) is 0.876. The van der Waals surface area contributed by atoms with Gasteiger partial charge in [-0.15, -0.1) is 5.10 Å². The maximum atomic E-state index is 5.13. The van der Waals surface area contributed by atoms with Crippen molar-refractivity contribution in [3.05, 3.63) is 0 Å².